The number of hydrogen-bond acceptors (Lipinski definition) is 7. The highest BCUT2D eigenvalue weighted by molar-refractivity contribution is 7.99. The number of thioether (sulfide) groups is 1. The Labute approximate surface area is 166 Å². The third-order valence-corrected chi connectivity index (χ3v) is 5.27. The summed E-state index contributed by atoms with van der Waals surface area (Å²) in [6, 6.07) is 3.61. The van der Waals surface area contributed by atoms with Crippen LogP contribution in [0.5, 0.6) is 0 Å². The number of aromatic amines is 1. The Bertz CT molecular complexity index is 988. The second-order valence-electron chi connectivity index (χ2n) is 6.09. The maximum Gasteiger partial charge on any atom is 0.340 e. The molecule has 9 heteroatoms. The first-order chi connectivity index (χ1) is 13.5. The van der Waals surface area contributed by atoms with Crippen molar-refractivity contribution >= 4 is 23.5 Å². The van der Waals surface area contributed by atoms with Gasteiger partial charge in [0.1, 0.15) is 0 Å². The maximum absolute atomic E-state index is 12.7. The molecule has 0 aliphatic heterocycles. The van der Waals surface area contributed by atoms with Gasteiger partial charge >= 0.3 is 5.97 Å². The number of Topliss-reactive ketones (excluding diaryl/α,β-unsaturated/α-hetero) is 1. The molecule has 0 atom stereocenters. The zero-order chi connectivity index (χ0) is 20.3. The predicted octanol–water partition coefficient (Wildman–Crippen LogP) is 3.65. The van der Waals surface area contributed by atoms with Crippen molar-refractivity contribution in [3.8, 4) is 11.6 Å². The van der Waals surface area contributed by atoms with Crippen LogP contribution < -0.4 is 0 Å². The van der Waals surface area contributed by atoms with Crippen LogP contribution in [0.1, 0.15) is 46.0 Å². The predicted molar refractivity (Wildman–Crippen MR) is 105 cm³/mol. The number of ketones is 1. The van der Waals surface area contributed by atoms with Crippen LogP contribution in [0.15, 0.2) is 28.0 Å². The first-order valence-corrected chi connectivity index (χ1v) is 9.95. The van der Waals surface area contributed by atoms with E-state index in [4.69, 9.17) is 9.15 Å². The van der Waals surface area contributed by atoms with Crippen LogP contribution >= 0.6 is 11.8 Å². The minimum Gasteiger partial charge on any atom is -0.462 e. The lowest BCUT2D eigenvalue weighted by Gasteiger charge is -2.05. The second-order valence-corrected chi connectivity index (χ2v) is 7.03. The van der Waals surface area contributed by atoms with E-state index in [1.807, 2.05) is 17.6 Å². The largest absolute Gasteiger partial charge is 0.462 e. The molecular weight excluding hydrogens is 380 g/mol. The zero-order valence-corrected chi connectivity index (χ0v) is 17.1. The molecule has 1 N–H and O–H groups in total. The Kier molecular flexibility index (Phi) is 6.03. The number of aryl methyl sites for hydroxylation is 1. The molecule has 0 saturated heterocycles. The number of furan rings is 1. The lowest BCUT2D eigenvalue weighted by atomic mass is 10.1. The van der Waals surface area contributed by atoms with Crippen molar-refractivity contribution in [2.45, 2.75) is 39.4 Å². The highest BCUT2D eigenvalue weighted by Gasteiger charge is 2.23. The SMILES string of the molecule is CCOC(=O)c1c(C)[nH]c(C(=O)CSc2nnc(-c3ccco3)n2CC)c1C. The van der Waals surface area contributed by atoms with Gasteiger partial charge in [-0.1, -0.05) is 11.8 Å². The van der Waals surface area contributed by atoms with Gasteiger partial charge in [-0.05, 0) is 45.4 Å². The van der Waals surface area contributed by atoms with Gasteiger partial charge in [0.2, 0.25) is 0 Å². The summed E-state index contributed by atoms with van der Waals surface area (Å²) < 4.78 is 12.4. The third-order valence-electron chi connectivity index (χ3n) is 4.30. The first-order valence-electron chi connectivity index (χ1n) is 8.97. The standard InChI is InChI=1S/C19H22N4O4S/c1-5-23-17(14-8-7-9-27-14)21-22-19(23)28-10-13(24)16-11(3)15(12(4)20-16)18(25)26-6-2/h7-9,20H,5-6,10H2,1-4H3. The number of carbonyl (C=O) groups excluding carboxylic acids is 2. The maximum atomic E-state index is 12.7. The Morgan fingerprint density at radius 2 is 2.07 bits per heavy atom. The van der Waals surface area contributed by atoms with Crippen LogP contribution in [0.3, 0.4) is 0 Å². The van der Waals surface area contributed by atoms with Gasteiger partial charge in [-0.3, -0.25) is 9.36 Å². The Morgan fingerprint density at radius 3 is 2.71 bits per heavy atom. The molecule has 0 saturated carbocycles. The number of H-pyrrole nitrogens is 1. The summed E-state index contributed by atoms with van der Waals surface area (Å²) in [7, 11) is 0. The highest BCUT2D eigenvalue weighted by atomic mass is 32.2. The molecule has 3 aromatic rings. The summed E-state index contributed by atoms with van der Waals surface area (Å²) in [4.78, 5) is 27.9. The summed E-state index contributed by atoms with van der Waals surface area (Å²) in [5, 5.41) is 9.00. The van der Waals surface area contributed by atoms with Gasteiger partial charge in [0.15, 0.2) is 22.5 Å². The van der Waals surface area contributed by atoms with E-state index in [2.05, 4.69) is 15.2 Å². The monoisotopic (exact) mass is 402 g/mol. The molecule has 0 amide bonds. The van der Waals surface area contributed by atoms with E-state index in [1.54, 1.807) is 33.1 Å². The Balaban J connectivity index is 1.77. The van der Waals surface area contributed by atoms with Crippen molar-refractivity contribution in [1.29, 1.82) is 0 Å². The third kappa shape index (κ3) is 3.75. The Morgan fingerprint density at radius 1 is 1.29 bits per heavy atom. The van der Waals surface area contributed by atoms with Gasteiger partial charge in [0.25, 0.3) is 0 Å². The molecule has 148 valence electrons. The molecule has 0 aliphatic carbocycles. The lowest BCUT2D eigenvalue weighted by Crippen LogP contribution is -2.09. The number of nitrogens with one attached hydrogen (secondary N) is 1. The fourth-order valence-corrected chi connectivity index (χ4v) is 3.88. The number of hydrogen-bond donors (Lipinski definition) is 1. The molecule has 3 aromatic heterocycles. The molecule has 28 heavy (non-hydrogen) atoms. The van der Waals surface area contributed by atoms with Crippen molar-refractivity contribution < 1.29 is 18.7 Å². The van der Waals surface area contributed by atoms with Crippen LogP contribution in [-0.2, 0) is 11.3 Å². The fourth-order valence-electron chi connectivity index (χ4n) is 3.01. The van der Waals surface area contributed by atoms with Crippen molar-refractivity contribution in [2.75, 3.05) is 12.4 Å². The normalized spacial score (nSPS) is 11.0. The van der Waals surface area contributed by atoms with Gasteiger partial charge < -0.3 is 14.1 Å². The number of aromatic nitrogens is 4. The molecule has 3 heterocycles. The smallest absolute Gasteiger partial charge is 0.340 e. The summed E-state index contributed by atoms with van der Waals surface area (Å²) in [5.74, 6) is 0.876. The van der Waals surface area contributed by atoms with Crippen LogP contribution in [0.2, 0.25) is 0 Å². The summed E-state index contributed by atoms with van der Waals surface area (Å²) in [6.45, 7) is 8.16. The average Bonchev–Trinajstić information content (AvgIpc) is 3.38. The Hall–Kier alpha value is -2.81. The highest BCUT2D eigenvalue weighted by Crippen LogP contribution is 2.26. The molecule has 0 radical (unpaired) electrons. The van der Waals surface area contributed by atoms with Gasteiger partial charge in [-0.15, -0.1) is 10.2 Å². The van der Waals surface area contributed by atoms with E-state index in [0.29, 0.717) is 45.8 Å². The molecule has 0 fully saturated rings. The number of esters is 1. The number of rotatable bonds is 8. The van der Waals surface area contributed by atoms with Crippen LogP contribution in [-0.4, -0.2) is 43.9 Å². The van der Waals surface area contributed by atoms with Crippen molar-refractivity contribution in [1.82, 2.24) is 19.7 Å². The molecule has 3 rings (SSSR count). The summed E-state index contributed by atoms with van der Waals surface area (Å²) in [6.07, 6.45) is 1.58. The zero-order valence-electron chi connectivity index (χ0n) is 16.2. The van der Waals surface area contributed by atoms with Crippen molar-refractivity contribution in [3.05, 3.63) is 40.9 Å². The van der Waals surface area contributed by atoms with Gasteiger partial charge in [-0.25, -0.2) is 4.79 Å². The topological polar surface area (TPSA) is 103 Å². The minimum atomic E-state index is -0.422. The van der Waals surface area contributed by atoms with Crippen LogP contribution in [0, 0.1) is 13.8 Å². The number of ether oxygens (including phenoxy) is 1. The summed E-state index contributed by atoms with van der Waals surface area (Å²) >= 11 is 1.30. The number of carbonyl (C=O) groups is 2. The lowest BCUT2D eigenvalue weighted by molar-refractivity contribution is 0.0525. The molecule has 8 nitrogen and oxygen atoms in total. The summed E-state index contributed by atoms with van der Waals surface area (Å²) in [5.41, 5.74) is 2.07. The van der Waals surface area contributed by atoms with E-state index in [9.17, 15) is 9.59 Å². The van der Waals surface area contributed by atoms with Crippen molar-refractivity contribution in [2.24, 2.45) is 0 Å². The number of nitrogens with zero attached hydrogens (tertiary/aromatic N) is 3. The second kappa shape index (κ2) is 8.47. The van der Waals surface area contributed by atoms with E-state index < -0.39 is 5.97 Å². The fraction of sp³-hybridized carbons (Fsp3) is 0.368. The van der Waals surface area contributed by atoms with Gasteiger partial charge in [-0.2, -0.15) is 0 Å². The molecule has 0 aromatic carbocycles. The van der Waals surface area contributed by atoms with Crippen LogP contribution in [0.4, 0.5) is 0 Å². The molecule has 0 bridgehead atoms. The average molecular weight is 402 g/mol. The molecule has 0 unspecified atom stereocenters. The van der Waals surface area contributed by atoms with Crippen molar-refractivity contribution in [3.63, 3.8) is 0 Å². The van der Waals surface area contributed by atoms with Gasteiger partial charge in [0, 0.05) is 12.2 Å². The van der Waals surface area contributed by atoms with E-state index in [1.165, 1.54) is 11.8 Å². The van der Waals surface area contributed by atoms with E-state index in [0.717, 1.165) is 0 Å². The van der Waals surface area contributed by atoms with E-state index >= 15 is 0 Å². The molecule has 0 spiro atoms. The minimum absolute atomic E-state index is 0.119. The van der Waals surface area contributed by atoms with Crippen LogP contribution in [0.25, 0.3) is 11.6 Å². The molecule has 0 aliphatic rings. The van der Waals surface area contributed by atoms with Gasteiger partial charge in [0.05, 0.1) is 29.9 Å². The molecular formula is C19H22N4O4S. The van der Waals surface area contributed by atoms with E-state index in [-0.39, 0.29) is 18.1 Å². The first kappa shape index (κ1) is 19.9. The quantitative estimate of drug-likeness (QED) is 0.348.